The smallest absolute Gasteiger partial charge is 0.337 e. The van der Waals surface area contributed by atoms with Crippen molar-refractivity contribution in [2.75, 3.05) is 17.3 Å². The lowest BCUT2D eigenvalue weighted by atomic mass is 9.95. The van der Waals surface area contributed by atoms with Crippen LogP contribution in [0.4, 0.5) is 11.4 Å². The zero-order chi connectivity index (χ0) is 31.1. The fourth-order valence-corrected chi connectivity index (χ4v) is 5.85. The topological polar surface area (TPSA) is 109 Å². The summed E-state index contributed by atoms with van der Waals surface area (Å²) < 4.78 is 7.68. The number of pyridine rings is 1. The van der Waals surface area contributed by atoms with Gasteiger partial charge in [-0.2, -0.15) is 0 Å². The number of aromatic nitrogens is 2. The Labute approximate surface area is 256 Å². The van der Waals surface area contributed by atoms with Gasteiger partial charge in [0, 0.05) is 34.8 Å². The predicted octanol–water partition coefficient (Wildman–Crippen LogP) is 6.36. The Hall–Kier alpha value is -4.70. The fraction of sp³-hybridized carbons (Fsp3) is 0.273. The van der Waals surface area contributed by atoms with Crippen LogP contribution in [0.25, 0.3) is 5.69 Å². The quantitative estimate of drug-likeness (QED) is 0.211. The van der Waals surface area contributed by atoms with Gasteiger partial charge in [0.05, 0.1) is 41.8 Å². The van der Waals surface area contributed by atoms with Gasteiger partial charge in [-0.15, -0.1) is 0 Å². The van der Waals surface area contributed by atoms with Crippen molar-refractivity contribution >= 4 is 40.6 Å². The van der Waals surface area contributed by atoms with E-state index in [4.69, 9.17) is 17.0 Å². The van der Waals surface area contributed by atoms with Crippen LogP contribution in [0.2, 0.25) is 0 Å². The Morgan fingerprint density at radius 3 is 2.42 bits per heavy atom. The third kappa shape index (κ3) is 5.58. The first-order valence-electron chi connectivity index (χ1n) is 13.9. The van der Waals surface area contributed by atoms with Crippen LogP contribution in [0.1, 0.15) is 65.9 Å². The largest absolute Gasteiger partial charge is 0.494 e. The highest BCUT2D eigenvalue weighted by Crippen LogP contribution is 2.45. The molecule has 2 aromatic heterocycles. The summed E-state index contributed by atoms with van der Waals surface area (Å²) in [5, 5.41) is 16.9. The lowest BCUT2D eigenvalue weighted by Gasteiger charge is -2.29. The molecule has 3 N–H and O–H groups in total. The van der Waals surface area contributed by atoms with E-state index in [-0.39, 0.29) is 23.6 Å². The number of hydrogen-bond donors (Lipinski definition) is 3. The highest BCUT2D eigenvalue weighted by atomic mass is 32.1. The lowest BCUT2D eigenvalue weighted by Crippen LogP contribution is -2.30. The number of carboxylic acid groups (broad SMARTS) is 1. The van der Waals surface area contributed by atoms with Crippen LogP contribution in [0.5, 0.6) is 5.75 Å². The van der Waals surface area contributed by atoms with Crippen LogP contribution in [0.15, 0.2) is 72.9 Å². The molecule has 222 valence electrons. The number of nitrogens with zero attached hydrogens (tertiary/aromatic N) is 3. The van der Waals surface area contributed by atoms with Crippen molar-refractivity contribution in [2.24, 2.45) is 5.41 Å². The molecule has 0 aliphatic carbocycles. The molecule has 1 aliphatic heterocycles. The maximum atomic E-state index is 12.7. The average molecular weight is 598 g/mol. The molecular weight excluding hydrogens is 562 g/mol. The standard InChI is InChI=1S/C33H35N5O4S/c1-19-17-23(20(2)37(19)26-13-8-7-11-22(26)30(39)40)29-28(25-12-9-10-16-34-25)36-32(43)38(29)21-14-15-24(27(18-21)42-6)35-31(41)33(3,4)5/h7-18,28-29H,1-6H3,(H,35,41)(H,36,43)(H,39,40)/t28-,29+/m1/s1. The highest BCUT2D eigenvalue weighted by molar-refractivity contribution is 7.80. The monoisotopic (exact) mass is 597 g/mol. The summed E-state index contributed by atoms with van der Waals surface area (Å²) in [6.45, 7) is 9.51. The number of rotatable bonds is 7. The highest BCUT2D eigenvalue weighted by Gasteiger charge is 2.42. The van der Waals surface area contributed by atoms with Gasteiger partial charge < -0.3 is 29.9 Å². The molecule has 43 heavy (non-hydrogen) atoms. The lowest BCUT2D eigenvalue weighted by molar-refractivity contribution is -0.123. The van der Waals surface area contributed by atoms with Gasteiger partial charge in [0.2, 0.25) is 5.91 Å². The van der Waals surface area contributed by atoms with Gasteiger partial charge in [-0.1, -0.05) is 39.0 Å². The maximum Gasteiger partial charge on any atom is 0.337 e. The van der Waals surface area contributed by atoms with Crippen molar-refractivity contribution in [1.29, 1.82) is 0 Å². The van der Waals surface area contributed by atoms with Crippen LogP contribution in [0, 0.1) is 19.3 Å². The number of anilines is 2. The first-order chi connectivity index (χ1) is 20.4. The summed E-state index contributed by atoms with van der Waals surface area (Å²) in [4.78, 5) is 31.5. The summed E-state index contributed by atoms with van der Waals surface area (Å²) >= 11 is 5.93. The third-order valence-corrected chi connectivity index (χ3v) is 7.97. The summed E-state index contributed by atoms with van der Waals surface area (Å²) in [5.74, 6) is -0.620. The first kappa shape index (κ1) is 29.8. The van der Waals surface area contributed by atoms with E-state index in [1.54, 1.807) is 25.4 Å². The van der Waals surface area contributed by atoms with E-state index in [9.17, 15) is 14.7 Å². The molecule has 1 aliphatic rings. The number of benzene rings is 2. The van der Waals surface area contributed by atoms with Crippen molar-refractivity contribution in [2.45, 2.75) is 46.7 Å². The van der Waals surface area contributed by atoms with E-state index < -0.39 is 11.4 Å². The molecule has 0 spiro atoms. The minimum absolute atomic E-state index is 0.126. The number of thiocarbonyl (C=S) groups is 1. The Morgan fingerprint density at radius 1 is 1.05 bits per heavy atom. The van der Waals surface area contributed by atoms with Gasteiger partial charge in [0.25, 0.3) is 0 Å². The molecule has 1 saturated heterocycles. The van der Waals surface area contributed by atoms with Crippen molar-refractivity contribution in [1.82, 2.24) is 14.9 Å². The van der Waals surface area contributed by atoms with Crippen molar-refractivity contribution in [3.8, 4) is 11.4 Å². The minimum Gasteiger partial charge on any atom is -0.494 e. The summed E-state index contributed by atoms with van der Waals surface area (Å²) in [6.07, 6.45) is 1.75. The molecule has 4 aromatic rings. The molecule has 9 nitrogen and oxygen atoms in total. The third-order valence-electron chi connectivity index (χ3n) is 7.66. The second-order valence-corrected chi connectivity index (χ2v) is 12.0. The Kier molecular flexibility index (Phi) is 7.98. The van der Waals surface area contributed by atoms with Gasteiger partial charge >= 0.3 is 5.97 Å². The number of carbonyl (C=O) groups excluding carboxylic acids is 1. The van der Waals surface area contributed by atoms with E-state index in [0.29, 0.717) is 22.2 Å². The zero-order valence-electron chi connectivity index (χ0n) is 25.0. The number of hydrogen-bond acceptors (Lipinski definition) is 5. The number of aromatic carboxylic acids is 1. The van der Waals surface area contributed by atoms with E-state index in [2.05, 4.69) is 21.7 Å². The molecular formula is C33H35N5O4S. The second kappa shape index (κ2) is 11.5. The van der Waals surface area contributed by atoms with Crippen molar-refractivity contribution in [3.63, 3.8) is 0 Å². The molecule has 2 atom stereocenters. The van der Waals surface area contributed by atoms with Crippen LogP contribution in [-0.4, -0.2) is 38.8 Å². The Morgan fingerprint density at radius 2 is 1.77 bits per heavy atom. The van der Waals surface area contributed by atoms with Gasteiger partial charge in [-0.3, -0.25) is 9.78 Å². The number of carbonyl (C=O) groups is 2. The van der Waals surface area contributed by atoms with Gasteiger partial charge in [0.15, 0.2) is 5.11 Å². The van der Waals surface area contributed by atoms with Crippen molar-refractivity contribution in [3.05, 3.63) is 101 Å². The van der Waals surface area contributed by atoms with E-state index >= 15 is 0 Å². The molecule has 5 rings (SSSR count). The summed E-state index contributed by atoms with van der Waals surface area (Å²) in [7, 11) is 1.56. The molecule has 3 heterocycles. The number of ether oxygens (including phenoxy) is 1. The van der Waals surface area contributed by atoms with Gasteiger partial charge in [-0.25, -0.2) is 4.79 Å². The number of carboxylic acids is 1. The minimum atomic E-state index is -0.993. The molecule has 0 bridgehead atoms. The van der Waals surface area contributed by atoms with E-state index in [1.807, 2.05) is 92.6 Å². The predicted molar refractivity (Wildman–Crippen MR) is 171 cm³/mol. The number of methoxy groups -OCH3 is 1. The molecule has 1 amide bonds. The van der Waals surface area contributed by atoms with Crippen LogP contribution in [-0.2, 0) is 4.79 Å². The van der Waals surface area contributed by atoms with E-state index in [1.165, 1.54) is 0 Å². The summed E-state index contributed by atoms with van der Waals surface area (Å²) in [6, 6.07) is 19.8. The number of para-hydroxylation sites is 1. The molecule has 2 aromatic carbocycles. The maximum absolute atomic E-state index is 12.7. The molecule has 10 heteroatoms. The van der Waals surface area contributed by atoms with Crippen molar-refractivity contribution < 1.29 is 19.4 Å². The van der Waals surface area contributed by atoms with Gasteiger partial charge in [0.1, 0.15) is 5.75 Å². The zero-order valence-corrected chi connectivity index (χ0v) is 25.8. The molecule has 0 unspecified atom stereocenters. The summed E-state index contributed by atoms with van der Waals surface area (Å²) in [5.41, 5.74) is 5.10. The molecule has 0 saturated carbocycles. The van der Waals surface area contributed by atoms with Crippen LogP contribution in [0.3, 0.4) is 0 Å². The number of nitrogens with one attached hydrogen (secondary N) is 2. The van der Waals surface area contributed by atoms with Crippen LogP contribution >= 0.6 is 12.2 Å². The Balaban J connectivity index is 1.65. The average Bonchev–Trinajstić information content (AvgIpc) is 3.47. The number of aryl methyl sites for hydroxylation is 1. The SMILES string of the molecule is COc1cc(N2C(=S)N[C@H](c3ccccn3)[C@@H]2c2cc(C)n(-c3ccccc3C(=O)O)c2C)ccc1NC(=O)C(C)(C)C. The van der Waals surface area contributed by atoms with E-state index in [0.717, 1.165) is 28.3 Å². The molecule has 0 radical (unpaired) electrons. The van der Waals surface area contributed by atoms with Gasteiger partial charge in [-0.05, 0) is 74.1 Å². The Bertz CT molecular complexity index is 1710. The number of amides is 1. The second-order valence-electron chi connectivity index (χ2n) is 11.6. The fourth-order valence-electron chi connectivity index (χ4n) is 5.50. The molecule has 1 fully saturated rings. The first-order valence-corrected chi connectivity index (χ1v) is 14.3. The normalized spacial score (nSPS) is 16.6. The van der Waals surface area contributed by atoms with Crippen LogP contribution < -0.4 is 20.3 Å².